The fourth-order valence-corrected chi connectivity index (χ4v) is 1.64. The largest absolute Gasteiger partial charge is 0.370 e. The van der Waals surface area contributed by atoms with Crippen molar-refractivity contribution < 1.29 is 4.79 Å². The minimum atomic E-state index is 0.0201. The van der Waals surface area contributed by atoms with Crippen molar-refractivity contribution in [2.45, 2.75) is 33.7 Å². The summed E-state index contributed by atoms with van der Waals surface area (Å²) in [4.78, 5) is 18.2. The molecular weight excluding hydrogens is 226 g/mol. The predicted molar refractivity (Wildman–Crippen MR) is 74.8 cm³/mol. The Morgan fingerprint density at radius 3 is 2.50 bits per heavy atom. The molecule has 0 bridgehead atoms. The highest BCUT2D eigenvalue weighted by atomic mass is 16.2. The molecule has 0 aliphatic carbocycles. The number of anilines is 1. The van der Waals surface area contributed by atoms with Gasteiger partial charge in [0.2, 0.25) is 0 Å². The number of hydrogen-bond acceptors (Lipinski definition) is 3. The molecule has 1 N–H and O–H groups in total. The number of pyridine rings is 1. The lowest BCUT2D eigenvalue weighted by Crippen LogP contribution is -2.38. The minimum Gasteiger partial charge on any atom is -0.370 e. The van der Waals surface area contributed by atoms with E-state index in [1.165, 1.54) is 0 Å². The van der Waals surface area contributed by atoms with E-state index in [0.717, 1.165) is 12.4 Å². The van der Waals surface area contributed by atoms with Gasteiger partial charge >= 0.3 is 0 Å². The highest BCUT2D eigenvalue weighted by Gasteiger charge is 2.19. The topological polar surface area (TPSA) is 45.2 Å². The van der Waals surface area contributed by atoms with Gasteiger partial charge in [0.05, 0.1) is 5.56 Å². The van der Waals surface area contributed by atoms with Crippen LogP contribution in [0.4, 0.5) is 5.82 Å². The van der Waals surface area contributed by atoms with Gasteiger partial charge in [-0.05, 0) is 31.9 Å². The Kier molecular flexibility index (Phi) is 5.13. The zero-order chi connectivity index (χ0) is 13.7. The van der Waals surface area contributed by atoms with E-state index >= 15 is 0 Å². The molecule has 0 aliphatic heterocycles. The zero-order valence-corrected chi connectivity index (χ0v) is 11.9. The number of amides is 1. The molecule has 4 nitrogen and oxygen atoms in total. The lowest BCUT2D eigenvalue weighted by molar-refractivity contribution is 0.0707. The van der Waals surface area contributed by atoms with Crippen LogP contribution >= 0.6 is 0 Å². The molecule has 1 rings (SSSR count). The summed E-state index contributed by atoms with van der Waals surface area (Å²) in [6.07, 6.45) is 1.63. The molecule has 0 saturated carbocycles. The van der Waals surface area contributed by atoms with E-state index in [-0.39, 0.29) is 11.9 Å². The van der Waals surface area contributed by atoms with Crippen molar-refractivity contribution in [3.8, 4) is 0 Å². The standard InChI is InChI=1S/C14H23N3O/c1-6-15-13-8-7-12(9-16-13)14(18)17(5)11(4)10(2)3/h7-11H,6H2,1-5H3,(H,15,16). The second-order valence-electron chi connectivity index (χ2n) is 4.86. The lowest BCUT2D eigenvalue weighted by atomic mass is 10.0. The average molecular weight is 249 g/mol. The Hall–Kier alpha value is -1.58. The fraction of sp³-hybridized carbons (Fsp3) is 0.571. The Balaban J connectivity index is 2.77. The van der Waals surface area contributed by atoms with Crippen LogP contribution in [0.5, 0.6) is 0 Å². The first kappa shape index (κ1) is 14.5. The van der Waals surface area contributed by atoms with E-state index < -0.39 is 0 Å². The third-order valence-electron chi connectivity index (χ3n) is 3.26. The summed E-state index contributed by atoms with van der Waals surface area (Å²) in [5.74, 6) is 1.26. The highest BCUT2D eigenvalue weighted by molar-refractivity contribution is 5.94. The molecule has 0 saturated heterocycles. The molecule has 1 unspecified atom stereocenters. The maximum atomic E-state index is 12.2. The molecule has 1 aromatic heterocycles. The van der Waals surface area contributed by atoms with E-state index in [1.54, 1.807) is 11.1 Å². The first-order valence-electron chi connectivity index (χ1n) is 6.44. The quantitative estimate of drug-likeness (QED) is 0.872. The minimum absolute atomic E-state index is 0.0201. The summed E-state index contributed by atoms with van der Waals surface area (Å²) >= 11 is 0. The van der Waals surface area contributed by atoms with E-state index in [2.05, 4.69) is 31.1 Å². The van der Waals surface area contributed by atoms with Gasteiger partial charge in [-0.2, -0.15) is 0 Å². The van der Waals surface area contributed by atoms with E-state index in [1.807, 2.05) is 26.1 Å². The number of rotatable bonds is 5. The van der Waals surface area contributed by atoms with Crippen LogP contribution < -0.4 is 5.32 Å². The zero-order valence-electron chi connectivity index (χ0n) is 11.9. The molecule has 100 valence electrons. The maximum Gasteiger partial charge on any atom is 0.255 e. The van der Waals surface area contributed by atoms with E-state index in [0.29, 0.717) is 11.5 Å². The molecule has 1 atom stereocenters. The summed E-state index contributed by atoms with van der Waals surface area (Å²) in [6.45, 7) is 9.12. The van der Waals surface area contributed by atoms with Crippen LogP contribution in [0, 0.1) is 5.92 Å². The summed E-state index contributed by atoms with van der Waals surface area (Å²) < 4.78 is 0. The fourth-order valence-electron chi connectivity index (χ4n) is 1.64. The van der Waals surface area contributed by atoms with Crippen LogP contribution in [-0.4, -0.2) is 35.4 Å². The average Bonchev–Trinajstić information content (AvgIpc) is 2.37. The van der Waals surface area contributed by atoms with Crippen LogP contribution in [0.25, 0.3) is 0 Å². The number of hydrogen-bond donors (Lipinski definition) is 1. The molecule has 1 heterocycles. The molecular formula is C14H23N3O. The Morgan fingerprint density at radius 1 is 1.39 bits per heavy atom. The summed E-state index contributed by atoms with van der Waals surface area (Å²) in [7, 11) is 1.84. The van der Waals surface area contributed by atoms with Crippen molar-refractivity contribution in [3.63, 3.8) is 0 Å². The highest BCUT2D eigenvalue weighted by Crippen LogP contribution is 2.13. The Labute approximate surface area is 109 Å². The first-order chi connectivity index (χ1) is 8.47. The van der Waals surface area contributed by atoms with Crippen LogP contribution in [0.2, 0.25) is 0 Å². The van der Waals surface area contributed by atoms with Crippen LogP contribution in [0.3, 0.4) is 0 Å². The van der Waals surface area contributed by atoms with Crippen molar-refractivity contribution in [2.75, 3.05) is 18.9 Å². The molecule has 0 radical (unpaired) electrons. The van der Waals surface area contributed by atoms with Crippen LogP contribution in [-0.2, 0) is 0 Å². The smallest absolute Gasteiger partial charge is 0.255 e. The second-order valence-corrected chi connectivity index (χ2v) is 4.86. The van der Waals surface area contributed by atoms with Gasteiger partial charge in [-0.3, -0.25) is 4.79 Å². The van der Waals surface area contributed by atoms with Crippen molar-refractivity contribution >= 4 is 11.7 Å². The lowest BCUT2D eigenvalue weighted by Gasteiger charge is -2.28. The van der Waals surface area contributed by atoms with Gasteiger partial charge in [0.15, 0.2) is 0 Å². The Morgan fingerprint density at radius 2 is 2.06 bits per heavy atom. The van der Waals surface area contributed by atoms with Crippen molar-refractivity contribution in [3.05, 3.63) is 23.9 Å². The first-order valence-corrected chi connectivity index (χ1v) is 6.44. The Bertz CT molecular complexity index is 387. The van der Waals surface area contributed by atoms with Gasteiger partial charge in [0, 0.05) is 25.8 Å². The monoisotopic (exact) mass is 249 g/mol. The molecule has 4 heteroatoms. The molecule has 0 aliphatic rings. The third-order valence-corrected chi connectivity index (χ3v) is 3.26. The van der Waals surface area contributed by atoms with Crippen molar-refractivity contribution in [2.24, 2.45) is 5.92 Å². The number of carbonyl (C=O) groups is 1. The maximum absolute atomic E-state index is 12.2. The normalized spacial score (nSPS) is 12.3. The number of nitrogens with zero attached hydrogens (tertiary/aromatic N) is 2. The summed E-state index contributed by atoms with van der Waals surface area (Å²) in [5, 5.41) is 3.11. The number of aromatic nitrogens is 1. The number of carbonyl (C=O) groups excluding carboxylic acids is 1. The molecule has 1 aromatic rings. The van der Waals surface area contributed by atoms with Gasteiger partial charge in [0.1, 0.15) is 5.82 Å². The molecule has 0 aromatic carbocycles. The van der Waals surface area contributed by atoms with E-state index in [9.17, 15) is 4.79 Å². The molecule has 18 heavy (non-hydrogen) atoms. The van der Waals surface area contributed by atoms with Crippen molar-refractivity contribution in [1.82, 2.24) is 9.88 Å². The number of nitrogens with one attached hydrogen (secondary N) is 1. The third kappa shape index (κ3) is 3.45. The molecule has 0 fully saturated rings. The SMILES string of the molecule is CCNc1ccc(C(=O)N(C)C(C)C(C)C)cn1. The second kappa shape index (κ2) is 6.38. The van der Waals surface area contributed by atoms with Gasteiger partial charge in [-0.25, -0.2) is 4.98 Å². The molecule has 1 amide bonds. The van der Waals surface area contributed by atoms with E-state index in [4.69, 9.17) is 0 Å². The summed E-state index contributed by atoms with van der Waals surface area (Å²) in [5.41, 5.74) is 0.631. The van der Waals surface area contributed by atoms with Crippen LogP contribution in [0.15, 0.2) is 18.3 Å². The van der Waals surface area contributed by atoms with Gasteiger partial charge in [-0.1, -0.05) is 13.8 Å². The summed E-state index contributed by atoms with van der Waals surface area (Å²) in [6, 6.07) is 3.87. The van der Waals surface area contributed by atoms with Crippen LogP contribution in [0.1, 0.15) is 38.1 Å². The van der Waals surface area contributed by atoms with Crippen molar-refractivity contribution in [1.29, 1.82) is 0 Å². The molecule has 0 spiro atoms. The van der Waals surface area contributed by atoms with Gasteiger partial charge in [-0.15, -0.1) is 0 Å². The predicted octanol–water partition coefficient (Wildman–Crippen LogP) is 2.63. The van der Waals surface area contributed by atoms with Gasteiger partial charge in [0.25, 0.3) is 5.91 Å². The van der Waals surface area contributed by atoms with Gasteiger partial charge < -0.3 is 10.2 Å².